The van der Waals surface area contributed by atoms with Crippen LogP contribution in [-0.4, -0.2) is 51.4 Å². The van der Waals surface area contributed by atoms with Gasteiger partial charge < -0.3 is 15.0 Å². The van der Waals surface area contributed by atoms with Gasteiger partial charge in [0.05, 0.1) is 17.7 Å². The maximum Gasteiger partial charge on any atom is 0.264 e. The van der Waals surface area contributed by atoms with Crippen molar-refractivity contribution in [3.63, 3.8) is 0 Å². The zero-order chi connectivity index (χ0) is 29.3. The van der Waals surface area contributed by atoms with Crippen LogP contribution in [-0.2, 0) is 26.2 Å². The van der Waals surface area contributed by atoms with E-state index >= 15 is 0 Å². The Balaban J connectivity index is 2.03. The van der Waals surface area contributed by atoms with Crippen LogP contribution in [0.4, 0.5) is 5.69 Å². The molecule has 0 bridgehead atoms. The van der Waals surface area contributed by atoms with Crippen molar-refractivity contribution < 1.29 is 22.7 Å². The predicted molar refractivity (Wildman–Crippen MR) is 161 cm³/mol. The minimum Gasteiger partial charge on any atom is -0.497 e. The molecule has 0 heterocycles. The first-order chi connectivity index (χ1) is 19.1. The fourth-order valence-electron chi connectivity index (χ4n) is 4.19. The fraction of sp³-hybridized carbons (Fsp3) is 0.333. The van der Waals surface area contributed by atoms with Gasteiger partial charge in [-0.1, -0.05) is 59.6 Å². The topological polar surface area (TPSA) is 96.0 Å². The molecular weight excluding hydrogens is 594 g/mol. The average Bonchev–Trinajstić information content (AvgIpc) is 2.95. The number of carbonyl (C=O) groups is 2. The van der Waals surface area contributed by atoms with Crippen molar-refractivity contribution in [2.75, 3.05) is 24.5 Å². The number of hydrogen-bond acceptors (Lipinski definition) is 5. The lowest BCUT2D eigenvalue weighted by atomic mass is 10.1. The monoisotopic (exact) mass is 629 g/mol. The zero-order valence-corrected chi connectivity index (χ0v) is 25.7. The molecule has 10 heteroatoms. The number of benzene rings is 3. The van der Waals surface area contributed by atoms with E-state index in [9.17, 15) is 18.0 Å². The van der Waals surface area contributed by atoms with Crippen LogP contribution in [0.15, 0.2) is 82.2 Å². The highest BCUT2D eigenvalue weighted by molar-refractivity contribution is 9.10. The number of nitrogens with zero attached hydrogens (tertiary/aromatic N) is 2. The summed E-state index contributed by atoms with van der Waals surface area (Å²) in [7, 11) is -2.54. The number of hydrogen-bond donors (Lipinski definition) is 1. The van der Waals surface area contributed by atoms with Gasteiger partial charge in [-0.2, -0.15) is 0 Å². The molecule has 8 nitrogen and oxygen atoms in total. The van der Waals surface area contributed by atoms with Gasteiger partial charge in [0, 0.05) is 17.6 Å². The Morgan fingerprint density at radius 1 is 0.950 bits per heavy atom. The number of halogens is 1. The SMILES string of the molecule is CCCNC(=O)C(CC)N(Cc1ccc(OC)cc1)C(=O)CN(c1ccc(Br)cc1)S(=O)(=O)c1ccc(C)cc1. The van der Waals surface area contributed by atoms with Gasteiger partial charge >= 0.3 is 0 Å². The van der Waals surface area contributed by atoms with E-state index < -0.39 is 28.5 Å². The van der Waals surface area contributed by atoms with E-state index in [1.54, 1.807) is 55.6 Å². The van der Waals surface area contributed by atoms with Crippen molar-refractivity contribution >= 4 is 43.5 Å². The summed E-state index contributed by atoms with van der Waals surface area (Å²) in [4.78, 5) is 28.7. The summed E-state index contributed by atoms with van der Waals surface area (Å²) in [6, 6.07) is 19.7. The molecule has 0 aliphatic heterocycles. The smallest absolute Gasteiger partial charge is 0.264 e. The molecule has 1 atom stereocenters. The van der Waals surface area contributed by atoms with Crippen LogP contribution in [0.5, 0.6) is 5.75 Å². The van der Waals surface area contributed by atoms with E-state index in [2.05, 4.69) is 21.2 Å². The number of ether oxygens (including phenoxy) is 1. The molecule has 1 unspecified atom stereocenters. The first kappa shape index (κ1) is 31.2. The lowest BCUT2D eigenvalue weighted by molar-refractivity contribution is -0.140. The highest BCUT2D eigenvalue weighted by atomic mass is 79.9. The number of nitrogens with one attached hydrogen (secondary N) is 1. The van der Waals surface area contributed by atoms with Crippen molar-refractivity contribution in [1.82, 2.24) is 10.2 Å². The molecule has 0 fully saturated rings. The minimum absolute atomic E-state index is 0.0725. The molecule has 214 valence electrons. The quantitative estimate of drug-likeness (QED) is 0.277. The molecule has 0 aromatic heterocycles. The summed E-state index contributed by atoms with van der Waals surface area (Å²) in [6.07, 6.45) is 1.11. The molecule has 0 saturated heterocycles. The van der Waals surface area contributed by atoms with Gasteiger partial charge in [0.2, 0.25) is 11.8 Å². The fourth-order valence-corrected chi connectivity index (χ4v) is 5.87. The Labute approximate surface area is 245 Å². The van der Waals surface area contributed by atoms with Gasteiger partial charge in [-0.25, -0.2) is 8.42 Å². The van der Waals surface area contributed by atoms with Gasteiger partial charge in [-0.05, 0) is 73.9 Å². The number of amides is 2. The number of carbonyl (C=O) groups excluding carboxylic acids is 2. The Hall–Kier alpha value is -3.37. The Morgan fingerprint density at radius 3 is 2.12 bits per heavy atom. The highest BCUT2D eigenvalue weighted by Gasteiger charge is 2.33. The summed E-state index contributed by atoms with van der Waals surface area (Å²) in [5, 5.41) is 2.89. The number of rotatable bonds is 13. The lowest BCUT2D eigenvalue weighted by Gasteiger charge is -2.33. The molecule has 0 radical (unpaired) electrons. The summed E-state index contributed by atoms with van der Waals surface area (Å²) in [5.74, 6) is -0.101. The number of aryl methyl sites for hydroxylation is 1. The van der Waals surface area contributed by atoms with E-state index in [0.29, 0.717) is 24.4 Å². The minimum atomic E-state index is -4.11. The molecule has 3 rings (SSSR count). The standard InChI is InChI=1S/C30H36BrN3O5S/c1-5-19-32-30(36)28(6-2)33(20-23-9-15-26(39-4)16-10-23)29(35)21-34(25-13-11-24(31)12-14-25)40(37,38)27-17-7-22(3)8-18-27/h7-18,28H,5-6,19-21H2,1-4H3,(H,32,36). The van der Waals surface area contributed by atoms with E-state index in [1.165, 1.54) is 17.0 Å². The summed E-state index contributed by atoms with van der Waals surface area (Å²) >= 11 is 3.39. The largest absolute Gasteiger partial charge is 0.497 e. The normalized spacial score (nSPS) is 11.9. The molecule has 1 N–H and O–H groups in total. The van der Waals surface area contributed by atoms with Gasteiger partial charge in [0.25, 0.3) is 10.0 Å². The summed E-state index contributed by atoms with van der Waals surface area (Å²) in [5.41, 5.74) is 2.04. The van der Waals surface area contributed by atoms with Crippen LogP contribution >= 0.6 is 15.9 Å². The van der Waals surface area contributed by atoms with Crippen molar-refractivity contribution in [3.05, 3.63) is 88.4 Å². The van der Waals surface area contributed by atoms with Crippen molar-refractivity contribution in [2.24, 2.45) is 0 Å². The first-order valence-corrected chi connectivity index (χ1v) is 15.4. The van der Waals surface area contributed by atoms with Gasteiger partial charge in [0.15, 0.2) is 0 Å². The number of anilines is 1. The van der Waals surface area contributed by atoms with E-state index in [4.69, 9.17) is 4.74 Å². The molecule has 0 aliphatic carbocycles. The molecule has 0 aliphatic rings. The molecular formula is C30H36BrN3O5S. The second-order valence-electron chi connectivity index (χ2n) is 9.39. The van der Waals surface area contributed by atoms with E-state index in [-0.39, 0.29) is 17.3 Å². The van der Waals surface area contributed by atoms with Crippen LogP contribution in [0.3, 0.4) is 0 Å². The predicted octanol–water partition coefficient (Wildman–Crippen LogP) is 5.30. The van der Waals surface area contributed by atoms with Crippen LogP contribution in [0.2, 0.25) is 0 Å². The molecule has 2 amide bonds. The number of methoxy groups -OCH3 is 1. The third-order valence-electron chi connectivity index (χ3n) is 6.45. The van der Waals surface area contributed by atoms with Crippen LogP contribution < -0.4 is 14.4 Å². The van der Waals surface area contributed by atoms with Crippen molar-refractivity contribution in [1.29, 1.82) is 0 Å². The van der Waals surface area contributed by atoms with Gasteiger partial charge in [-0.15, -0.1) is 0 Å². The Bertz CT molecular complexity index is 1380. The molecule has 0 spiro atoms. The third-order valence-corrected chi connectivity index (χ3v) is 8.77. The zero-order valence-electron chi connectivity index (χ0n) is 23.3. The Morgan fingerprint density at radius 2 is 1.57 bits per heavy atom. The van der Waals surface area contributed by atoms with Crippen LogP contribution in [0.1, 0.15) is 37.8 Å². The second kappa shape index (κ2) is 14.3. The van der Waals surface area contributed by atoms with Gasteiger partial charge in [0.1, 0.15) is 18.3 Å². The molecule has 0 saturated carbocycles. The average molecular weight is 631 g/mol. The maximum absolute atomic E-state index is 14.0. The molecule has 3 aromatic rings. The Kier molecular flexibility index (Phi) is 11.2. The van der Waals surface area contributed by atoms with Crippen LogP contribution in [0.25, 0.3) is 0 Å². The van der Waals surface area contributed by atoms with Crippen molar-refractivity contribution in [3.8, 4) is 5.75 Å². The molecule has 40 heavy (non-hydrogen) atoms. The maximum atomic E-state index is 14.0. The number of sulfonamides is 1. The van der Waals surface area contributed by atoms with Gasteiger partial charge in [-0.3, -0.25) is 13.9 Å². The summed E-state index contributed by atoms with van der Waals surface area (Å²) < 4.78 is 34.9. The lowest BCUT2D eigenvalue weighted by Crippen LogP contribution is -2.52. The van der Waals surface area contributed by atoms with E-state index in [0.717, 1.165) is 26.3 Å². The second-order valence-corrected chi connectivity index (χ2v) is 12.2. The van der Waals surface area contributed by atoms with E-state index in [1.807, 2.05) is 32.9 Å². The third kappa shape index (κ3) is 7.85. The van der Waals surface area contributed by atoms with Crippen molar-refractivity contribution in [2.45, 2.75) is 51.1 Å². The first-order valence-electron chi connectivity index (χ1n) is 13.2. The summed E-state index contributed by atoms with van der Waals surface area (Å²) in [6.45, 7) is 5.78. The van der Waals surface area contributed by atoms with Crippen LogP contribution in [0, 0.1) is 6.92 Å². The highest BCUT2D eigenvalue weighted by Crippen LogP contribution is 2.27. The molecule has 3 aromatic carbocycles.